The number of hydrogen-bond donors (Lipinski definition) is 0. The van der Waals surface area contributed by atoms with Crippen molar-refractivity contribution in [3.63, 3.8) is 0 Å². The Morgan fingerprint density at radius 3 is 2.57 bits per heavy atom. The largest absolute Gasteiger partial charge is 0.419 e. The number of ketones is 1. The monoisotopic (exact) mass is 354 g/mol. The van der Waals surface area contributed by atoms with Crippen molar-refractivity contribution in [1.29, 1.82) is 0 Å². The van der Waals surface area contributed by atoms with Gasteiger partial charge in [-0.1, -0.05) is 36.5 Å². The molecule has 0 saturated carbocycles. The summed E-state index contributed by atoms with van der Waals surface area (Å²) < 4.78 is 6.79. The van der Waals surface area contributed by atoms with Gasteiger partial charge in [-0.2, -0.15) is 5.10 Å². The van der Waals surface area contributed by atoms with E-state index >= 15 is 0 Å². The van der Waals surface area contributed by atoms with Gasteiger partial charge in [-0.15, -0.1) is 0 Å². The molecule has 2 aromatic rings. The van der Waals surface area contributed by atoms with Gasteiger partial charge in [-0.05, 0) is 31.5 Å². The van der Waals surface area contributed by atoms with Crippen molar-refractivity contribution in [2.75, 3.05) is 0 Å². The molecule has 0 saturated heterocycles. The zero-order valence-electron chi connectivity index (χ0n) is 13.0. The van der Waals surface area contributed by atoms with E-state index in [1.807, 2.05) is 6.92 Å². The van der Waals surface area contributed by atoms with Gasteiger partial charge in [0.15, 0.2) is 11.5 Å². The predicted octanol–water partition coefficient (Wildman–Crippen LogP) is 4.10. The highest BCUT2D eigenvalue weighted by Gasteiger charge is 2.21. The number of benzene rings is 1. The lowest BCUT2D eigenvalue weighted by Gasteiger charge is -2.10. The van der Waals surface area contributed by atoms with Crippen LogP contribution >= 0.6 is 23.2 Å². The van der Waals surface area contributed by atoms with E-state index in [0.717, 1.165) is 18.5 Å². The molecule has 0 radical (unpaired) electrons. The van der Waals surface area contributed by atoms with Gasteiger partial charge in [0, 0.05) is 12.1 Å². The molecule has 0 bridgehead atoms. The third-order valence-corrected chi connectivity index (χ3v) is 3.73. The van der Waals surface area contributed by atoms with Crippen LogP contribution in [-0.4, -0.2) is 21.5 Å². The second-order valence-electron chi connectivity index (χ2n) is 5.10. The lowest BCUT2D eigenvalue weighted by molar-refractivity contribution is 0.0721. The summed E-state index contributed by atoms with van der Waals surface area (Å²) in [7, 11) is 1.66. The van der Waals surface area contributed by atoms with Gasteiger partial charge in [0.2, 0.25) is 0 Å². The van der Waals surface area contributed by atoms with Crippen molar-refractivity contribution in [2.24, 2.45) is 7.05 Å². The van der Waals surface area contributed by atoms with Gasteiger partial charge in [0.1, 0.15) is 5.69 Å². The fourth-order valence-corrected chi connectivity index (χ4v) is 2.70. The topological polar surface area (TPSA) is 61.2 Å². The van der Waals surface area contributed by atoms with Crippen LogP contribution in [0.15, 0.2) is 18.2 Å². The summed E-state index contributed by atoms with van der Waals surface area (Å²) in [6.45, 7) is 3.38. The first-order valence-corrected chi connectivity index (χ1v) is 7.84. The maximum Gasteiger partial charge on any atom is 0.362 e. The van der Waals surface area contributed by atoms with Crippen molar-refractivity contribution in [2.45, 2.75) is 26.7 Å². The molecular weight excluding hydrogens is 339 g/mol. The van der Waals surface area contributed by atoms with Gasteiger partial charge in [-0.25, -0.2) is 4.79 Å². The van der Waals surface area contributed by atoms with Crippen LogP contribution < -0.4 is 4.74 Å². The summed E-state index contributed by atoms with van der Waals surface area (Å²) in [6, 6.07) is 4.51. The summed E-state index contributed by atoms with van der Waals surface area (Å²) in [5.74, 6) is -0.922. The minimum atomic E-state index is -0.630. The van der Waals surface area contributed by atoms with Gasteiger partial charge in [0.25, 0.3) is 0 Å². The normalized spacial score (nSPS) is 10.7. The van der Waals surface area contributed by atoms with Crippen molar-refractivity contribution in [1.82, 2.24) is 9.78 Å². The van der Waals surface area contributed by atoms with E-state index in [-0.39, 0.29) is 27.8 Å². The molecule has 0 unspecified atom stereocenters. The molecule has 1 heterocycles. The minimum Gasteiger partial charge on any atom is -0.419 e. The van der Waals surface area contributed by atoms with Gasteiger partial charge in [0.05, 0.1) is 16.3 Å². The number of rotatable bonds is 5. The van der Waals surface area contributed by atoms with Crippen LogP contribution in [0.3, 0.4) is 0 Å². The molecule has 0 fully saturated rings. The molecule has 5 nitrogen and oxygen atoms in total. The number of esters is 1. The Kier molecular flexibility index (Phi) is 5.44. The fraction of sp³-hybridized carbons (Fsp3) is 0.312. The van der Waals surface area contributed by atoms with Crippen LogP contribution in [-0.2, 0) is 13.5 Å². The van der Waals surface area contributed by atoms with E-state index in [9.17, 15) is 9.59 Å². The summed E-state index contributed by atoms with van der Waals surface area (Å²) in [6.07, 6.45) is 1.69. The molecule has 1 aromatic heterocycles. The van der Waals surface area contributed by atoms with Crippen LogP contribution in [0.4, 0.5) is 0 Å². The second kappa shape index (κ2) is 7.15. The van der Waals surface area contributed by atoms with Crippen molar-refractivity contribution >= 4 is 35.0 Å². The van der Waals surface area contributed by atoms with Crippen LogP contribution in [0.5, 0.6) is 5.75 Å². The van der Waals surface area contributed by atoms with Gasteiger partial charge >= 0.3 is 5.97 Å². The zero-order chi connectivity index (χ0) is 17.1. The maximum absolute atomic E-state index is 12.4. The highest BCUT2D eigenvalue weighted by atomic mass is 35.5. The third-order valence-electron chi connectivity index (χ3n) is 3.23. The molecular formula is C16H16Cl2N2O3. The molecule has 0 spiro atoms. The van der Waals surface area contributed by atoms with Crippen LogP contribution in [0.2, 0.25) is 10.0 Å². The minimum absolute atomic E-state index is 0.00630. The quantitative estimate of drug-likeness (QED) is 0.460. The maximum atomic E-state index is 12.4. The first-order valence-electron chi connectivity index (χ1n) is 7.08. The molecule has 0 aliphatic carbocycles. The Labute approximate surface area is 144 Å². The Balaban J connectivity index is 2.36. The molecule has 0 N–H and O–H groups in total. The van der Waals surface area contributed by atoms with Crippen LogP contribution in [0.1, 0.15) is 46.8 Å². The van der Waals surface area contributed by atoms with E-state index < -0.39 is 5.97 Å². The zero-order valence-corrected chi connectivity index (χ0v) is 14.5. The van der Waals surface area contributed by atoms with Gasteiger partial charge in [-0.3, -0.25) is 9.48 Å². The molecule has 0 aliphatic heterocycles. The Morgan fingerprint density at radius 2 is 1.96 bits per heavy atom. The number of carbonyl (C=O) groups excluding carboxylic acids is 2. The molecule has 7 heteroatoms. The SMILES string of the molecule is CCCc1cc(C(=O)Oc2c(Cl)cc(Cl)cc2C(C)=O)n(C)n1. The third kappa shape index (κ3) is 3.92. The van der Waals surface area contributed by atoms with Crippen molar-refractivity contribution < 1.29 is 14.3 Å². The number of carbonyl (C=O) groups is 2. The fourth-order valence-electron chi connectivity index (χ4n) is 2.17. The second-order valence-corrected chi connectivity index (χ2v) is 5.95. The first kappa shape index (κ1) is 17.5. The molecule has 23 heavy (non-hydrogen) atoms. The molecule has 0 aliphatic rings. The molecule has 122 valence electrons. The van der Waals surface area contributed by atoms with E-state index in [1.165, 1.54) is 23.7 Å². The van der Waals surface area contributed by atoms with Crippen molar-refractivity contribution in [3.8, 4) is 5.75 Å². The highest BCUT2D eigenvalue weighted by molar-refractivity contribution is 6.36. The van der Waals surface area contributed by atoms with Crippen molar-refractivity contribution in [3.05, 3.63) is 45.2 Å². The summed E-state index contributed by atoms with van der Waals surface area (Å²) >= 11 is 12.0. The van der Waals surface area contributed by atoms with Crippen LogP contribution in [0, 0.1) is 0 Å². The number of hydrogen-bond acceptors (Lipinski definition) is 4. The number of nitrogens with zero attached hydrogens (tertiary/aromatic N) is 2. The number of ether oxygens (including phenoxy) is 1. The van der Waals surface area contributed by atoms with E-state index in [2.05, 4.69) is 5.10 Å². The first-order chi connectivity index (χ1) is 10.8. The average molecular weight is 355 g/mol. The van der Waals surface area contributed by atoms with E-state index in [0.29, 0.717) is 5.02 Å². The van der Waals surface area contributed by atoms with E-state index in [4.69, 9.17) is 27.9 Å². The number of Topliss-reactive ketones (excluding diaryl/α,β-unsaturated/α-hetero) is 1. The molecule has 0 amide bonds. The lowest BCUT2D eigenvalue weighted by atomic mass is 10.1. The smallest absolute Gasteiger partial charge is 0.362 e. The Bertz CT molecular complexity index is 769. The number of aromatic nitrogens is 2. The highest BCUT2D eigenvalue weighted by Crippen LogP contribution is 2.33. The van der Waals surface area contributed by atoms with E-state index in [1.54, 1.807) is 13.1 Å². The van der Waals surface area contributed by atoms with Crippen LogP contribution in [0.25, 0.3) is 0 Å². The summed E-state index contributed by atoms with van der Waals surface area (Å²) in [5.41, 5.74) is 1.25. The molecule has 1 aromatic carbocycles. The number of halogens is 2. The average Bonchev–Trinajstić information content (AvgIpc) is 2.82. The molecule has 0 atom stereocenters. The lowest BCUT2D eigenvalue weighted by Crippen LogP contribution is -2.15. The standard InChI is InChI=1S/C16H16Cl2N2O3/c1-4-5-11-8-14(20(3)19-11)16(22)23-15-12(9(2)21)6-10(17)7-13(15)18/h6-8H,4-5H2,1-3H3. The molecule has 2 rings (SSSR count). The number of aryl methyl sites for hydroxylation is 2. The van der Waals surface area contributed by atoms with Gasteiger partial charge < -0.3 is 4.74 Å². The predicted molar refractivity (Wildman–Crippen MR) is 88.6 cm³/mol. The summed E-state index contributed by atoms with van der Waals surface area (Å²) in [5, 5.41) is 4.65. The Morgan fingerprint density at radius 1 is 1.26 bits per heavy atom. The summed E-state index contributed by atoms with van der Waals surface area (Å²) in [4.78, 5) is 24.1. The Hall–Kier alpha value is -1.85.